The molecular weight excluding hydrogens is 217 g/mol. The summed E-state index contributed by atoms with van der Waals surface area (Å²) in [6.45, 7) is 2.84. The van der Waals surface area contributed by atoms with Crippen molar-refractivity contribution >= 4 is 0 Å². The van der Waals surface area contributed by atoms with E-state index in [9.17, 15) is 4.39 Å². The van der Waals surface area contributed by atoms with E-state index in [4.69, 9.17) is 0 Å². The maximum absolute atomic E-state index is 13.2. The maximum atomic E-state index is 13.2. The van der Waals surface area contributed by atoms with E-state index in [1.807, 2.05) is 30.8 Å². The minimum atomic E-state index is -0.217. The number of rotatable bonds is 4. The summed E-state index contributed by atoms with van der Waals surface area (Å²) < 4.78 is 15.1. The van der Waals surface area contributed by atoms with Crippen molar-refractivity contribution in [2.75, 3.05) is 7.05 Å². The molecule has 1 heterocycles. The zero-order chi connectivity index (χ0) is 12.3. The Balaban J connectivity index is 2.40. The molecule has 17 heavy (non-hydrogen) atoms. The Morgan fingerprint density at radius 2 is 2.24 bits per heavy atom. The van der Waals surface area contributed by atoms with Gasteiger partial charge in [-0.15, -0.1) is 0 Å². The van der Waals surface area contributed by atoms with Gasteiger partial charge in [-0.05, 0) is 37.7 Å². The molecule has 0 bridgehead atoms. The monoisotopic (exact) mass is 233 g/mol. The third kappa shape index (κ3) is 2.36. The molecule has 0 saturated heterocycles. The number of aromatic nitrogens is 2. The summed E-state index contributed by atoms with van der Waals surface area (Å²) >= 11 is 0. The first-order chi connectivity index (χ1) is 8.26. The van der Waals surface area contributed by atoms with Crippen LogP contribution < -0.4 is 5.32 Å². The summed E-state index contributed by atoms with van der Waals surface area (Å²) in [6.07, 6.45) is 1.77. The zero-order valence-electron chi connectivity index (χ0n) is 10.0. The molecule has 0 aliphatic heterocycles. The van der Waals surface area contributed by atoms with Crippen LogP contribution in [0, 0.1) is 5.82 Å². The summed E-state index contributed by atoms with van der Waals surface area (Å²) in [6, 6.07) is 8.56. The molecule has 2 aromatic rings. The lowest BCUT2D eigenvalue weighted by atomic mass is 10.0. The van der Waals surface area contributed by atoms with E-state index in [-0.39, 0.29) is 11.9 Å². The number of aryl methyl sites for hydroxylation is 1. The van der Waals surface area contributed by atoms with Crippen molar-refractivity contribution in [2.45, 2.75) is 19.5 Å². The average Bonchev–Trinajstić information content (AvgIpc) is 2.78. The van der Waals surface area contributed by atoms with Crippen molar-refractivity contribution in [3.8, 4) is 0 Å². The van der Waals surface area contributed by atoms with Gasteiger partial charge in [-0.2, -0.15) is 5.10 Å². The van der Waals surface area contributed by atoms with Gasteiger partial charge in [0.15, 0.2) is 0 Å². The summed E-state index contributed by atoms with van der Waals surface area (Å²) in [5, 5.41) is 7.43. The average molecular weight is 233 g/mol. The lowest BCUT2D eigenvalue weighted by molar-refractivity contribution is 0.558. The second-order valence-electron chi connectivity index (χ2n) is 3.85. The van der Waals surface area contributed by atoms with Crippen LogP contribution in [0.2, 0.25) is 0 Å². The molecule has 0 aliphatic carbocycles. The van der Waals surface area contributed by atoms with E-state index in [1.54, 1.807) is 18.3 Å². The molecular formula is C13H16FN3. The van der Waals surface area contributed by atoms with E-state index in [1.165, 1.54) is 6.07 Å². The van der Waals surface area contributed by atoms with Crippen LogP contribution in [0.4, 0.5) is 4.39 Å². The molecule has 90 valence electrons. The number of nitrogens with zero attached hydrogens (tertiary/aromatic N) is 2. The fourth-order valence-corrected chi connectivity index (χ4v) is 2.02. The Labute approximate surface area is 100 Å². The molecule has 1 unspecified atom stereocenters. The van der Waals surface area contributed by atoms with E-state index in [0.29, 0.717) is 0 Å². The van der Waals surface area contributed by atoms with Crippen LogP contribution >= 0.6 is 0 Å². The first kappa shape index (κ1) is 11.8. The SMILES string of the molecule is CCn1nccc1C(NC)c1cccc(F)c1. The second kappa shape index (κ2) is 5.10. The molecule has 0 radical (unpaired) electrons. The van der Waals surface area contributed by atoms with Gasteiger partial charge >= 0.3 is 0 Å². The number of benzene rings is 1. The summed E-state index contributed by atoms with van der Waals surface area (Å²) in [7, 11) is 1.86. The molecule has 1 atom stereocenters. The largest absolute Gasteiger partial charge is 0.308 e. The number of nitrogens with one attached hydrogen (secondary N) is 1. The summed E-state index contributed by atoms with van der Waals surface area (Å²) in [5.41, 5.74) is 1.95. The highest BCUT2D eigenvalue weighted by molar-refractivity contribution is 5.28. The highest BCUT2D eigenvalue weighted by Gasteiger charge is 2.16. The van der Waals surface area contributed by atoms with E-state index >= 15 is 0 Å². The first-order valence-electron chi connectivity index (χ1n) is 5.70. The van der Waals surface area contributed by atoms with Gasteiger partial charge in [-0.25, -0.2) is 4.39 Å². The van der Waals surface area contributed by atoms with E-state index in [2.05, 4.69) is 10.4 Å². The Bertz CT molecular complexity index is 493. The van der Waals surface area contributed by atoms with E-state index in [0.717, 1.165) is 17.8 Å². The van der Waals surface area contributed by atoms with Crippen molar-refractivity contribution in [3.63, 3.8) is 0 Å². The molecule has 0 spiro atoms. The van der Waals surface area contributed by atoms with Gasteiger partial charge in [-0.1, -0.05) is 12.1 Å². The number of hydrogen-bond acceptors (Lipinski definition) is 2. The molecule has 0 fully saturated rings. The molecule has 0 saturated carbocycles. The highest BCUT2D eigenvalue weighted by Crippen LogP contribution is 2.21. The lowest BCUT2D eigenvalue weighted by Crippen LogP contribution is -2.21. The van der Waals surface area contributed by atoms with Gasteiger partial charge < -0.3 is 5.32 Å². The molecule has 0 aliphatic rings. The standard InChI is InChI=1S/C13H16FN3/c1-3-17-12(7-8-16-17)13(15-2)10-5-4-6-11(14)9-10/h4-9,13,15H,3H2,1-2H3. The summed E-state index contributed by atoms with van der Waals surface area (Å²) in [5.74, 6) is -0.217. The Morgan fingerprint density at radius 1 is 1.41 bits per heavy atom. The van der Waals surface area contributed by atoms with Crippen LogP contribution in [0.25, 0.3) is 0 Å². The van der Waals surface area contributed by atoms with Crippen molar-refractivity contribution in [3.05, 3.63) is 53.6 Å². The van der Waals surface area contributed by atoms with Gasteiger partial charge in [0.05, 0.1) is 11.7 Å². The second-order valence-corrected chi connectivity index (χ2v) is 3.85. The fourth-order valence-electron chi connectivity index (χ4n) is 2.02. The van der Waals surface area contributed by atoms with Crippen LogP contribution in [0.1, 0.15) is 24.2 Å². The normalized spacial score (nSPS) is 12.6. The van der Waals surface area contributed by atoms with Gasteiger partial charge in [0.25, 0.3) is 0 Å². The Kier molecular flexibility index (Phi) is 3.54. The molecule has 1 N–H and O–H groups in total. The van der Waals surface area contributed by atoms with Gasteiger partial charge in [0.1, 0.15) is 5.82 Å². The molecule has 2 rings (SSSR count). The molecule has 4 heteroatoms. The van der Waals surface area contributed by atoms with Crippen molar-refractivity contribution in [2.24, 2.45) is 0 Å². The van der Waals surface area contributed by atoms with Crippen LogP contribution in [-0.2, 0) is 6.54 Å². The molecule has 0 amide bonds. The van der Waals surface area contributed by atoms with Gasteiger partial charge in [0.2, 0.25) is 0 Å². The topological polar surface area (TPSA) is 29.9 Å². The summed E-state index contributed by atoms with van der Waals surface area (Å²) in [4.78, 5) is 0. The number of hydrogen-bond donors (Lipinski definition) is 1. The van der Waals surface area contributed by atoms with E-state index < -0.39 is 0 Å². The predicted molar refractivity (Wildman–Crippen MR) is 65.2 cm³/mol. The predicted octanol–water partition coefficient (Wildman–Crippen LogP) is 2.35. The minimum Gasteiger partial charge on any atom is -0.308 e. The van der Waals surface area contributed by atoms with Gasteiger partial charge in [-0.3, -0.25) is 4.68 Å². The molecule has 1 aromatic carbocycles. The van der Waals surface area contributed by atoms with Gasteiger partial charge in [0, 0.05) is 12.7 Å². The van der Waals surface area contributed by atoms with Crippen LogP contribution in [0.5, 0.6) is 0 Å². The smallest absolute Gasteiger partial charge is 0.123 e. The highest BCUT2D eigenvalue weighted by atomic mass is 19.1. The van der Waals surface area contributed by atoms with Crippen LogP contribution in [0.15, 0.2) is 36.5 Å². The molecule has 3 nitrogen and oxygen atoms in total. The zero-order valence-corrected chi connectivity index (χ0v) is 10.0. The number of halogens is 1. The minimum absolute atomic E-state index is 0.0341. The lowest BCUT2D eigenvalue weighted by Gasteiger charge is -2.18. The maximum Gasteiger partial charge on any atom is 0.123 e. The molecule has 1 aromatic heterocycles. The van der Waals surface area contributed by atoms with Crippen molar-refractivity contribution < 1.29 is 4.39 Å². The van der Waals surface area contributed by atoms with Crippen LogP contribution in [-0.4, -0.2) is 16.8 Å². The van der Waals surface area contributed by atoms with Crippen LogP contribution in [0.3, 0.4) is 0 Å². The Morgan fingerprint density at radius 3 is 2.88 bits per heavy atom. The first-order valence-corrected chi connectivity index (χ1v) is 5.70. The third-order valence-corrected chi connectivity index (χ3v) is 2.82. The fraction of sp³-hybridized carbons (Fsp3) is 0.308. The Hall–Kier alpha value is -1.68. The quantitative estimate of drug-likeness (QED) is 0.878. The van der Waals surface area contributed by atoms with Crippen molar-refractivity contribution in [1.29, 1.82) is 0 Å². The third-order valence-electron chi connectivity index (χ3n) is 2.82. The van der Waals surface area contributed by atoms with Crippen molar-refractivity contribution in [1.82, 2.24) is 15.1 Å².